The SMILES string of the molecule is COCCn1cc(-c2ccnc(CCCNC(=O)c3ccccc3O)c2)c(-c2ccc(F)cc2)n1. The molecule has 1 amide bonds. The van der Waals surface area contributed by atoms with Gasteiger partial charge in [0.15, 0.2) is 0 Å². The van der Waals surface area contributed by atoms with Crippen LogP contribution in [0.3, 0.4) is 0 Å². The van der Waals surface area contributed by atoms with Gasteiger partial charge >= 0.3 is 0 Å². The predicted molar refractivity (Wildman–Crippen MR) is 131 cm³/mol. The van der Waals surface area contributed by atoms with Crippen LogP contribution in [0.15, 0.2) is 73.1 Å². The zero-order valence-electron chi connectivity index (χ0n) is 19.4. The van der Waals surface area contributed by atoms with Crippen LogP contribution in [-0.2, 0) is 17.7 Å². The number of rotatable bonds is 10. The van der Waals surface area contributed by atoms with Crippen molar-refractivity contribution in [3.63, 3.8) is 0 Å². The summed E-state index contributed by atoms with van der Waals surface area (Å²) in [5.41, 5.74) is 4.59. The van der Waals surface area contributed by atoms with Gasteiger partial charge in [-0.05, 0) is 66.9 Å². The van der Waals surface area contributed by atoms with E-state index in [1.807, 2.05) is 23.0 Å². The molecule has 0 aliphatic rings. The molecule has 2 aromatic heterocycles. The minimum absolute atomic E-state index is 0.0395. The molecule has 180 valence electrons. The van der Waals surface area contributed by atoms with Gasteiger partial charge in [-0.1, -0.05) is 12.1 Å². The highest BCUT2D eigenvalue weighted by Gasteiger charge is 2.15. The molecule has 0 aliphatic carbocycles. The van der Waals surface area contributed by atoms with E-state index in [4.69, 9.17) is 9.84 Å². The molecule has 0 unspecified atom stereocenters. The fraction of sp³-hybridized carbons (Fsp3) is 0.222. The summed E-state index contributed by atoms with van der Waals surface area (Å²) in [5, 5.41) is 17.4. The van der Waals surface area contributed by atoms with Crippen molar-refractivity contribution in [1.29, 1.82) is 0 Å². The highest BCUT2D eigenvalue weighted by atomic mass is 19.1. The molecule has 0 saturated heterocycles. The third-order valence-corrected chi connectivity index (χ3v) is 5.58. The van der Waals surface area contributed by atoms with Crippen LogP contribution in [0.2, 0.25) is 0 Å². The van der Waals surface area contributed by atoms with Crippen LogP contribution in [0.25, 0.3) is 22.4 Å². The summed E-state index contributed by atoms with van der Waals surface area (Å²) in [6.45, 7) is 1.58. The summed E-state index contributed by atoms with van der Waals surface area (Å²) in [7, 11) is 1.64. The first-order chi connectivity index (χ1) is 17.0. The number of aromatic nitrogens is 3. The highest BCUT2D eigenvalue weighted by Crippen LogP contribution is 2.31. The first-order valence-electron chi connectivity index (χ1n) is 11.4. The Morgan fingerprint density at radius 2 is 1.91 bits per heavy atom. The van der Waals surface area contributed by atoms with Gasteiger partial charge in [-0.15, -0.1) is 0 Å². The van der Waals surface area contributed by atoms with E-state index < -0.39 is 0 Å². The van der Waals surface area contributed by atoms with E-state index in [1.54, 1.807) is 43.6 Å². The second-order valence-electron chi connectivity index (χ2n) is 8.07. The van der Waals surface area contributed by atoms with E-state index in [-0.39, 0.29) is 23.0 Å². The number of phenolic OH excluding ortho intramolecular Hbond substituents is 1. The molecule has 0 saturated carbocycles. The molecule has 4 aromatic rings. The van der Waals surface area contributed by atoms with Crippen molar-refractivity contribution in [1.82, 2.24) is 20.1 Å². The van der Waals surface area contributed by atoms with Gasteiger partial charge in [0.2, 0.25) is 0 Å². The maximum absolute atomic E-state index is 13.5. The van der Waals surface area contributed by atoms with E-state index in [0.29, 0.717) is 32.5 Å². The normalized spacial score (nSPS) is 10.9. The van der Waals surface area contributed by atoms with Gasteiger partial charge in [-0.25, -0.2) is 4.39 Å². The number of benzene rings is 2. The lowest BCUT2D eigenvalue weighted by molar-refractivity contribution is 0.0950. The zero-order chi connectivity index (χ0) is 24.6. The predicted octanol–water partition coefficient (Wildman–Crippen LogP) is 4.47. The van der Waals surface area contributed by atoms with Gasteiger partial charge in [-0.3, -0.25) is 14.5 Å². The Balaban J connectivity index is 1.47. The van der Waals surface area contributed by atoms with E-state index in [1.165, 1.54) is 18.2 Å². The number of hydrogen-bond acceptors (Lipinski definition) is 5. The van der Waals surface area contributed by atoms with Gasteiger partial charge < -0.3 is 15.2 Å². The number of nitrogens with zero attached hydrogens (tertiary/aromatic N) is 3. The number of hydrogen-bond donors (Lipinski definition) is 2. The molecule has 0 fully saturated rings. The number of aryl methyl sites for hydroxylation is 1. The Labute approximate surface area is 203 Å². The molecule has 0 spiro atoms. The number of aromatic hydroxyl groups is 1. The molecule has 8 heteroatoms. The van der Waals surface area contributed by atoms with Crippen LogP contribution in [0.5, 0.6) is 5.75 Å². The molecule has 2 aromatic carbocycles. The van der Waals surface area contributed by atoms with Crippen LogP contribution in [0.1, 0.15) is 22.5 Å². The Morgan fingerprint density at radius 3 is 2.69 bits per heavy atom. The quantitative estimate of drug-likeness (QED) is 0.331. The maximum Gasteiger partial charge on any atom is 0.255 e. The first-order valence-corrected chi connectivity index (χ1v) is 11.4. The second-order valence-corrected chi connectivity index (χ2v) is 8.07. The van der Waals surface area contributed by atoms with Gasteiger partial charge in [0.05, 0.1) is 18.7 Å². The fourth-order valence-corrected chi connectivity index (χ4v) is 3.77. The van der Waals surface area contributed by atoms with Crippen molar-refractivity contribution >= 4 is 5.91 Å². The van der Waals surface area contributed by atoms with Crippen molar-refractivity contribution in [2.45, 2.75) is 19.4 Å². The van der Waals surface area contributed by atoms with Crippen LogP contribution in [0.4, 0.5) is 4.39 Å². The van der Waals surface area contributed by atoms with Crippen LogP contribution in [-0.4, -0.2) is 46.0 Å². The van der Waals surface area contributed by atoms with Crippen molar-refractivity contribution in [2.24, 2.45) is 0 Å². The van der Waals surface area contributed by atoms with Gasteiger partial charge in [-0.2, -0.15) is 5.10 Å². The van der Waals surface area contributed by atoms with Crippen molar-refractivity contribution < 1.29 is 19.0 Å². The monoisotopic (exact) mass is 474 g/mol. The Kier molecular flexibility index (Phi) is 7.84. The lowest BCUT2D eigenvalue weighted by atomic mass is 10.0. The molecule has 0 aliphatic heterocycles. The largest absolute Gasteiger partial charge is 0.507 e. The number of methoxy groups -OCH3 is 1. The number of carbonyl (C=O) groups excluding carboxylic acids is 1. The molecule has 7 nitrogen and oxygen atoms in total. The number of halogens is 1. The lowest BCUT2D eigenvalue weighted by Crippen LogP contribution is -2.24. The number of amides is 1. The highest BCUT2D eigenvalue weighted by molar-refractivity contribution is 5.96. The van der Waals surface area contributed by atoms with Crippen molar-refractivity contribution in [3.8, 4) is 28.1 Å². The second kappa shape index (κ2) is 11.4. The fourth-order valence-electron chi connectivity index (χ4n) is 3.77. The standard InChI is InChI=1S/C27H27FN4O3/c1-35-16-15-32-18-24(26(31-32)19-8-10-21(28)11-9-19)20-12-14-29-22(17-20)5-4-13-30-27(34)23-6-2-3-7-25(23)33/h2-3,6-12,14,17-18,33H,4-5,13,15-16H2,1H3,(H,30,34). The molecule has 0 radical (unpaired) electrons. The van der Waals surface area contributed by atoms with Crippen LogP contribution >= 0.6 is 0 Å². The molecule has 0 bridgehead atoms. The molecule has 2 heterocycles. The van der Waals surface area contributed by atoms with E-state index >= 15 is 0 Å². The first kappa shape index (κ1) is 24.1. The van der Waals surface area contributed by atoms with Gasteiger partial charge in [0.25, 0.3) is 5.91 Å². The molecular formula is C27H27FN4O3. The van der Waals surface area contributed by atoms with Gasteiger partial charge in [0.1, 0.15) is 17.3 Å². The average molecular weight is 475 g/mol. The Morgan fingerprint density at radius 1 is 1.11 bits per heavy atom. The summed E-state index contributed by atoms with van der Waals surface area (Å²) in [4.78, 5) is 16.7. The summed E-state index contributed by atoms with van der Waals surface area (Å²) < 4.78 is 20.5. The lowest BCUT2D eigenvalue weighted by Gasteiger charge is -2.08. The van der Waals surface area contributed by atoms with E-state index in [9.17, 15) is 14.3 Å². The number of para-hydroxylation sites is 1. The average Bonchev–Trinajstić information content (AvgIpc) is 3.30. The van der Waals surface area contributed by atoms with Crippen molar-refractivity contribution in [2.75, 3.05) is 20.3 Å². The number of carbonyl (C=O) groups is 1. The third kappa shape index (κ3) is 6.10. The van der Waals surface area contributed by atoms with Crippen molar-refractivity contribution in [3.05, 3.63) is 90.1 Å². The van der Waals surface area contributed by atoms with Crippen LogP contribution in [0, 0.1) is 5.82 Å². The Hall–Kier alpha value is -4.04. The van der Waals surface area contributed by atoms with E-state index in [0.717, 1.165) is 28.1 Å². The zero-order valence-corrected chi connectivity index (χ0v) is 19.4. The topological polar surface area (TPSA) is 89.3 Å². The summed E-state index contributed by atoms with van der Waals surface area (Å²) in [6, 6.07) is 16.7. The Bertz CT molecular complexity index is 1290. The smallest absolute Gasteiger partial charge is 0.255 e. The minimum atomic E-state index is -0.308. The maximum atomic E-state index is 13.5. The molecule has 2 N–H and O–H groups in total. The number of ether oxygens (including phenoxy) is 1. The molecule has 0 atom stereocenters. The number of phenols is 1. The summed E-state index contributed by atoms with van der Waals surface area (Å²) >= 11 is 0. The third-order valence-electron chi connectivity index (χ3n) is 5.58. The molecule has 4 rings (SSSR count). The minimum Gasteiger partial charge on any atom is -0.507 e. The number of pyridine rings is 1. The molecule has 35 heavy (non-hydrogen) atoms. The van der Waals surface area contributed by atoms with E-state index in [2.05, 4.69) is 10.3 Å². The summed E-state index contributed by atoms with van der Waals surface area (Å²) in [6.07, 6.45) is 5.07. The number of nitrogens with one attached hydrogen (secondary N) is 1. The van der Waals surface area contributed by atoms with Crippen LogP contribution < -0.4 is 5.32 Å². The molecular weight excluding hydrogens is 447 g/mol. The van der Waals surface area contributed by atoms with Gasteiger partial charge in [0, 0.05) is 42.9 Å². The summed E-state index contributed by atoms with van der Waals surface area (Å²) in [5.74, 6) is -0.644.